The van der Waals surface area contributed by atoms with Gasteiger partial charge in [0.05, 0.1) is 5.69 Å². The number of pyridine rings is 1. The van der Waals surface area contributed by atoms with Gasteiger partial charge in [-0.05, 0) is 43.2 Å². The van der Waals surface area contributed by atoms with Crippen molar-refractivity contribution < 1.29 is 9.59 Å². The summed E-state index contributed by atoms with van der Waals surface area (Å²) in [5.41, 5.74) is 4.19. The minimum Gasteiger partial charge on any atom is -0.320 e. The number of nitrogens with one attached hydrogen (secondary N) is 1. The van der Waals surface area contributed by atoms with Gasteiger partial charge in [0, 0.05) is 18.2 Å². The van der Waals surface area contributed by atoms with Crippen LogP contribution in [0.2, 0.25) is 0 Å². The van der Waals surface area contributed by atoms with Crippen molar-refractivity contribution in [2.24, 2.45) is 0 Å². The average molecular weight is 344 g/mol. The van der Waals surface area contributed by atoms with Crippen LogP contribution in [-0.4, -0.2) is 16.7 Å². The first-order valence-corrected chi connectivity index (χ1v) is 8.45. The normalized spacial score (nSPS) is 10.4. The van der Waals surface area contributed by atoms with Gasteiger partial charge in [-0.3, -0.25) is 14.6 Å². The molecule has 0 fully saturated rings. The number of rotatable bonds is 5. The van der Waals surface area contributed by atoms with Crippen molar-refractivity contribution >= 4 is 17.4 Å². The number of amides is 1. The van der Waals surface area contributed by atoms with Gasteiger partial charge in [-0.15, -0.1) is 0 Å². The third-order valence-electron chi connectivity index (χ3n) is 4.16. The highest BCUT2D eigenvalue weighted by atomic mass is 16.2. The van der Waals surface area contributed by atoms with Crippen LogP contribution in [-0.2, 0) is 6.42 Å². The van der Waals surface area contributed by atoms with E-state index in [0.717, 1.165) is 16.7 Å². The van der Waals surface area contributed by atoms with Crippen molar-refractivity contribution in [3.63, 3.8) is 0 Å². The minimum absolute atomic E-state index is 0.128. The zero-order valence-electron chi connectivity index (χ0n) is 14.8. The predicted molar refractivity (Wildman–Crippen MR) is 103 cm³/mol. The lowest BCUT2D eigenvalue weighted by Gasteiger charge is -2.11. The van der Waals surface area contributed by atoms with Gasteiger partial charge in [0.25, 0.3) is 5.91 Å². The van der Waals surface area contributed by atoms with Crippen molar-refractivity contribution in [3.05, 3.63) is 94.8 Å². The monoisotopic (exact) mass is 344 g/mol. The molecule has 2 aromatic carbocycles. The number of hydrogen-bond acceptors (Lipinski definition) is 3. The molecule has 0 spiro atoms. The first-order chi connectivity index (χ1) is 12.5. The number of carbonyl (C=O) groups excluding carboxylic acids is 2. The van der Waals surface area contributed by atoms with E-state index in [0.29, 0.717) is 11.3 Å². The van der Waals surface area contributed by atoms with Crippen molar-refractivity contribution in [2.45, 2.75) is 20.3 Å². The van der Waals surface area contributed by atoms with Gasteiger partial charge in [-0.1, -0.05) is 48.0 Å². The lowest BCUT2D eigenvalue weighted by atomic mass is 10.0. The number of benzene rings is 2. The lowest BCUT2D eigenvalue weighted by molar-refractivity contribution is 0.0989. The number of Topliss-reactive ketones (excluding diaryl/α,β-unsaturated/α-hetero) is 1. The third kappa shape index (κ3) is 4.03. The fraction of sp³-hybridized carbons (Fsp3) is 0.136. The standard InChI is InChI=1S/C22H20N2O2/c1-15-7-5-9-17(13-15)14-20(25)21-19(11-6-12-23-21)24-22(26)18-10-4-3-8-16(18)2/h3-13H,14H2,1-2H3,(H,24,26). The summed E-state index contributed by atoms with van der Waals surface area (Å²) >= 11 is 0. The summed E-state index contributed by atoms with van der Waals surface area (Å²) in [7, 11) is 0. The second-order valence-electron chi connectivity index (χ2n) is 6.26. The Morgan fingerprint density at radius 2 is 1.77 bits per heavy atom. The van der Waals surface area contributed by atoms with Gasteiger partial charge >= 0.3 is 0 Å². The van der Waals surface area contributed by atoms with Gasteiger partial charge in [0.15, 0.2) is 5.78 Å². The predicted octanol–water partition coefficient (Wildman–Crippen LogP) is 4.38. The maximum atomic E-state index is 12.7. The molecule has 0 aliphatic rings. The number of anilines is 1. The second kappa shape index (κ2) is 7.74. The van der Waals surface area contributed by atoms with Crippen LogP contribution < -0.4 is 5.32 Å². The molecule has 0 saturated carbocycles. The third-order valence-corrected chi connectivity index (χ3v) is 4.16. The Bertz CT molecular complexity index is 964. The summed E-state index contributed by atoms with van der Waals surface area (Å²) < 4.78 is 0. The van der Waals surface area contributed by atoms with Gasteiger partial charge in [0.1, 0.15) is 5.69 Å². The maximum Gasteiger partial charge on any atom is 0.255 e. The molecule has 0 unspecified atom stereocenters. The Labute approximate surface area is 152 Å². The molecule has 1 amide bonds. The number of aromatic nitrogens is 1. The van der Waals surface area contributed by atoms with Crippen LogP contribution in [0.25, 0.3) is 0 Å². The zero-order valence-corrected chi connectivity index (χ0v) is 14.8. The Hall–Kier alpha value is -3.27. The first-order valence-electron chi connectivity index (χ1n) is 8.45. The molecule has 26 heavy (non-hydrogen) atoms. The van der Waals surface area contributed by atoms with Crippen LogP contribution in [0.5, 0.6) is 0 Å². The molecule has 0 radical (unpaired) electrons. The topological polar surface area (TPSA) is 59.1 Å². The highest BCUT2D eigenvalue weighted by molar-refractivity contribution is 6.09. The Kier molecular flexibility index (Phi) is 5.23. The first kappa shape index (κ1) is 17.5. The van der Waals surface area contributed by atoms with Crippen LogP contribution in [0.1, 0.15) is 37.5 Å². The van der Waals surface area contributed by atoms with E-state index in [1.54, 1.807) is 24.4 Å². The summed E-state index contributed by atoms with van der Waals surface area (Å²) in [6.07, 6.45) is 1.80. The molecular weight excluding hydrogens is 324 g/mol. The summed E-state index contributed by atoms with van der Waals surface area (Å²) in [6, 6.07) is 18.6. The molecule has 0 saturated heterocycles. The summed E-state index contributed by atoms with van der Waals surface area (Å²) in [6.45, 7) is 3.87. The number of carbonyl (C=O) groups is 2. The number of hydrogen-bond donors (Lipinski definition) is 1. The highest BCUT2D eigenvalue weighted by Crippen LogP contribution is 2.18. The van der Waals surface area contributed by atoms with E-state index in [-0.39, 0.29) is 23.8 Å². The Morgan fingerprint density at radius 3 is 2.54 bits per heavy atom. The molecule has 1 heterocycles. The largest absolute Gasteiger partial charge is 0.320 e. The Morgan fingerprint density at radius 1 is 0.962 bits per heavy atom. The SMILES string of the molecule is Cc1cccc(CC(=O)c2ncccc2NC(=O)c2ccccc2C)c1. The molecule has 130 valence electrons. The molecule has 0 aliphatic carbocycles. The van der Waals surface area contributed by atoms with E-state index < -0.39 is 0 Å². The molecular formula is C22H20N2O2. The molecule has 0 bridgehead atoms. The maximum absolute atomic E-state index is 12.7. The van der Waals surface area contributed by atoms with E-state index in [4.69, 9.17) is 0 Å². The molecule has 3 aromatic rings. The van der Waals surface area contributed by atoms with E-state index in [9.17, 15) is 9.59 Å². The minimum atomic E-state index is -0.249. The molecule has 4 heteroatoms. The number of ketones is 1. The average Bonchev–Trinajstić information content (AvgIpc) is 2.62. The highest BCUT2D eigenvalue weighted by Gasteiger charge is 2.16. The van der Waals surface area contributed by atoms with Crippen LogP contribution in [0, 0.1) is 13.8 Å². The Balaban J connectivity index is 1.83. The smallest absolute Gasteiger partial charge is 0.255 e. The molecule has 4 nitrogen and oxygen atoms in total. The summed E-state index contributed by atoms with van der Waals surface area (Å²) in [4.78, 5) is 29.5. The van der Waals surface area contributed by atoms with Gasteiger partial charge in [0.2, 0.25) is 0 Å². The number of nitrogens with zero attached hydrogens (tertiary/aromatic N) is 1. The summed E-state index contributed by atoms with van der Waals surface area (Å²) in [5.74, 6) is -0.378. The van der Waals surface area contributed by atoms with Crippen LogP contribution in [0.15, 0.2) is 66.9 Å². The van der Waals surface area contributed by atoms with Crippen LogP contribution in [0.4, 0.5) is 5.69 Å². The van der Waals surface area contributed by atoms with Gasteiger partial charge in [-0.2, -0.15) is 0 Å². The van der Waals surface area contributed by atoms with Gasteiger partial charge in [-0.25, -0.2) is 0 Å². The van der Waals surface area contributed by atoms with Gasteiger partial charge < -0.3 is 5.32 Å². The van der Waals surface area contributed by atoms with E-state index in [1.807, 2.05) is 56.3 Å². The van der Waals surface area contributed by atoms with E-state index in [1.165, 1.54) is 0 Å². The molecule has 0 atom stereocenters. The quantitative estimate of drug-likeness (QED) is 0.699. The summed E-state index contributed by atoms with van der Waals surface area (Å²) in [5, 5.41) is 2.82. The second-order valence-corrected chi connectivity index (χ2v) is 6.26. The van der Waals surface area contributed by atoms with E-state index in [2.05, 4.69) is 10.3 Å². The molecule has 3 rings (SSSR count). The lowest BCUT2D eigenvalue weighted by Crippen LogP contribution is -2.17. The number of aryl methyl sites for hydroxylation is 2. The fourth-order valence-corrected chi connectivity index (χ4v) is 2.84. The molecule has 0 aliphatic heterocycles. The van der Waals surface area contributed by atoms with Crippen molar-refractivity contribution in [1.82, 2.24) is 4.98 Å². The molecule has 1 N–H and O–H groups in total. The molecule has 1 aromatic heterocycles. The fourth-order valence-electron chi connectivity index (χ4n) is 2.84. The van der Waals surface area contributed by atoms with E-state index >= 15 is 0 Å². The van der Waals surface area contributed by atoms with Crippen molar-refractivity contribution in [2.75, 3.05) is 5.32 Å². The van der Waals surface area contributed by atoms with Crippen LogP contribution in [0.3, 0.4) is 0 Å². The van der Waals surface area contributed by atoms with Crippen LogP contribution >= 0.6 is 0 Å². The van der Waals surface area contributed by atoms with Crippen molar-refractivity contribution in [3.8, 4) is 0 Å². The zero-order chi connectivity index (χ0) is 18.5. The van der Waals surface area contributed by atoms with Crippen molar-refractivity contribution in [1.29, 1.82) is 0 Å².